The van der Waals surface area contributed by atoms with Crippen molar-refractivity contribution in [2.45, 2.75) is 24.8 Å². The van der Waals surface area contributed by atoms with E-state index in [0.717, 1.165) is 18.4 Å². The van der Waals surface area contributed by atoms with Gasteiger partial charge in [0.25, 0.3) is 0 Å². The van der Waals surface area contributed by atoms with Crippen LogP contribution in [0.2, 0.25) is 0 Å². The van der Waals surface area contributed by atoms with E-state index < -0.39 is 0 Å². The first kappa shape index (κ1) is 17.2. The number of hydrogen-bond acceptors (Lipinski definition) is 7. The Hall–Kier alpha value is -2.95. The fourth-order valence-corrected chi connectivity index (χ4v) is 4.56. The van der Waals surface area contributed by atoms with Gasteiger partial charge in [-0.3, -0.25) is 0 Å². The molecule has 0 radical (unpaired) electrons. The maximum atomic E-state index is 9.89. The molecule has 5 rings (SSSR count). The molecule has 0 aliphatic heterocycles. The number of nitrogens with zero attached hydrogens (tertiary/aromatic N) is 3. The summed E-state index contributed by atoms with van der Waals surface area (Å²) in [6.07, 6.45) is 5.43. The number of benzene rings is 1. The van der Waals surface area contributed by atoms with Gasteiger partial charge in [0.1, 0.15) is 11.8 Å². The highest BCUT2D eigenvalue weighted by Crippen LogP contribution is 2.58. The van der Waals surface area contributed by atoms with Crippen LogP contribution in [0, 0.1) is 23.2 Å². The first-order valence-corrected chi connectivity index (χ1v) is 9.54. The van der Waals surface area contributed by atoms with Crippen LogP contribution < -0.4 is 5.32 Å². The van der Waals surface area contributed by atoms with Gasteiger partial charge in [0.15, 0.2) is 0 Å². The molecule has 4 unspecified atom stereocenters. The summed E-state index contributed by atoms with van der Waals surface area (Å²) in [7, 11) is 0. The molecule has 0 saturated heterocycles. The molecule has 3 N–H and O–H groups in total. The van der Waals surface area contributed by atoms with E-state index in [-0.39, 0.29) is 36.2 Å². The van der Waals surface area contributed by atoms with Crippen molar-refractivity contribution in [3.05, 3.63) is 58.7 Å². The van der Waals surface area contributed by atoms with E-state index in [1.165, 1.54) is 11.1 Å². The topological polar surface area (TPSA) is 115 Å². The average molecular weight is 376 g/mol. The molecule has 3 aliphatic rings. The van der Waals surface area contributed by atoms with Gasteiger partial charge in [0, 0.05) is 24.1 Å². The Bertz CT molecular complexity index is 1030. The number of hydrogen-bond donors (Lipinski definition) is 3. The quantitative estimate of drug-likeness (QED) is 0.734. The van der Waals surface area contributed by atoms with Crippen molar-refractivity contribution < 1.29 is 14.7 Å². The number of rotatable bonds is 5. The molecule has 7 nitrogen and oxygen atoms in total. The van der Waals surface area contributed by atoms with Crippen LogP contribution in [0.4, 0.5) is 0 Å². The van der Waals surface area contributed by atoms with Crippen molar-refractivity contribution in [1.82, 2.24) is 15.5 Å². The van der Waals surface area contributed by atoms with Crippen molar-refractivity contribution in [3.63, 3.8) is 0 Å². The normalized spacial score (nSPS) is 27.4. The van der Waals surface area contributed by atoms with E-state index in [9.17, 15) is 5.11 Å². The average Bonchev–Trinajstić information content (AvgIpc) is 3.06. The van der Waals surface area contributed by atoms with Gasteiger partial charge in [-0.2, -0.15) is 10.2 Å². The highest BCUT2D eigenvalue weighted by Gasteiger charge is 2.54. The number of aromatic nitrogens is 2. The third-order valence-electron chi connectivity index (χ3n) is 5.98. The molecule has 1 fully saturated rings. The molecule has 0 amide bonds. The number of aliphatic hydroxyl groups is 2. The summed E-state index contributed by atoms with van der Waals surface area (Å²) >= 11 is 0. The molecular formula is C21H20N4O3. The molecule has 0 bridgehead atoms. The molecular weight excluding hydrogens is 356 g/mol. The highest BCUT2D eigenvalue weighted by molar-refractivity contribution is 5.64. The summed E-state index contributed by atoms with van der Waals surface area (Å²) in [5.41, 5.74) is 3.75. The van der Waals surface area contributed by atoms with E-state index >= 15 is 0 Å². The highest BCUT2D eigenvalue weighted by atomic mass is 16.5. The van der Waals surface area contributed by atoms with Gasteiger partial charge in [-0.25, -0.2) is 0 Å². The van der Waals surface area contributed by atoms with Crippen LogP contribution >= 0.6 is 0 Å². The number of fused-ring (bicyclic) bond motifs is 2. The fraction of sp³-hybridized carbons (Fsp3) is 0.381. The van der Waals surface area contributed by atoms with Gasteiger partial charge >= 0.3 is 0 Å². The van der Waals surface area contributed by atoms with Crippen molar-refractivity contribution >= 4 is 0 Å². The molecule has 3 aliphatic carbocycles. The zero-order valence-corrected chi connectivity index (χ0v) is 15.2. The van der Waals surface area contributed by atoms with Gasteiger partial charge in [-0.1, -0.05) is 29.4 Å². The Morgan fingerprint density at radius 1 is 1.29 bits per heavy atom. The SMILES string of the molecule is N#CC1=CC2C(C=C1O)C2c1nc(-c2cccc3c2CCC3NCCO)no1. The fourth-order valence-electron chi connectivity index (χ4n) is 4.56. The maximum absolute atomic E-state index is 9.89. The van der Waals surface area contributed by atoms with Crippen LogP contribution in [-0.4, -0.2) is 33.5 Å². The molecule has 1 heterocycles. The Balaban J connectivity index is 1.41. The number of aliphatic hydroxyl groups excluding tert-OH is 2. The second-order valence-electron chi connectivity index (χ2n) is 7.52. The zero-order valence-electron chi connectivity index (χ0n) is 15.2. The smallest absolute Gasteiger partial charge is 0.231 e. The Labute approximate surface area is 162 Å². The Morgan fingerprint density at radius 2 is 2.14 bits per heavy atom. The van der Waals surface area contributed by atoms with Crippen molar-refractivity contribution in [2.75, 3.05) is 13.2 Å². The van der Waals surface area contributed by atoms with Gasteiger partial charge in [-0.15, -0.1) is 0 Å². The summed E-state index contributed by atoms with van der Waals surface area (Å²) in [6.45, 7) is 0.694. The number of nitriles is 1. The van der Waals surface area contributed by atoms with Gasteiger partial charge in [0.2, 0.25) is 11.7 Å². The lowest BCUT2D eigenvalue weighted by Crippen LogP contribution is -2.22. The lowest BCUT2D eigenvalue weighted by molar-refractivity contribution is 0.284. The first-order valence-electron chi connectivity index (χ1n) is 9.54. The van der Waals surface area contributed by atoms with Crippen LogP contribution in [0.25, 0.3) is 11.4 Å². The number of allylic oxidation sites excluding steroid dienone is 3. The van der Waals surface area contributed by atoms with Crippen molar-refractivity contribution in [3.8, 4) is 17.5 Å². The van der Waals surface area contributed by atoms with Crippen molar-refractivity contribution in [2.24, 2.45) is 11.8 Å². The molecule has 28 heavy (non-hydrogen) atoms. The summed E-state index contributed by atoms with van der Waals surface area (Å²) in [6, 6.07) is 8.38. The molecule has 1 aromatic heterocycles. The number of nitrogens with one attached hydrogen (secondary N) is 1. The van der Waals surface area contributed by atoms with Crippen LogP contribution in [0.1, 0.15) is 35.4 Å². The predicted molar refractivity (Wildman–Crippen MR) is 100 cm³/mol. The minimum Gasteiger partial charge on any atom is -0.507 e. The molecule has 1 aromatic carbocycles. The summed E-state index contributed by atoms with van der Waals surface area (Å²) in [4.78, 5) is 4.65. The molecule has 142 valence electrons. The molecule has 4 atom stereocenters. The zero-order chi connectivity index (χ0) is 19.3. The minimum atomic E-state index is 0.0185. The Morgan fingerprint density at radius 3 is 2.96 bits per heavy atom. The van der Waals surface area contributed by atoms with Crippen LogP contribution in [0.15, 0.2) is 46.2 Å². The summed E-state index contributed by atoms with van der Waals surface area (Å²) < 4.78 is 5.56. The predicted octanol–water partition coefficient (Wildman–Crippen LogP) is 2.54. The lowest BCUT2D eigenvalue weighted by Gasteiger charge is -2.13. The third kappa shape index (κ3) is 2.65. The lowest BCUT2D eigenvalue weighted by atomic mass is 10.0. The summed E-state index contributed by atoms with van der Waals surface area (Å²) in [5.74, 6) is 1.43. The maximum Gasteiger partial charge on any atom is 0.231 e. The monoisotopic (exact) mass is 376 g/mol. The van der Waals surface area contributed by atoms with Gasteiger partial charge in [0.05, 0.1) is 18.1 Å². The minimum absolute atomic E-state index is 0.0185. The largest absolute Gasteiger partial charge is 0.507 e. The first-order chi connectivity index (χ1) is 13.7. The van der Waals surface area contributed by atoms with Crippen molar-refractivity contribution in [1.29, 1.82) is 5.26 Å². The second kappa shape index (κ2) is 6.59. The van der Waals surface area contributed by atoms with E-state index in [2.05, 4.69) is 21.5 Å². The van der Waals surface area contributed by atoms with Crippen LogP contribution in [-0.2, 0) is 6.42 Å². The Kier molecular flexibility index (Phi) is 4.04. The van der Waals surface area contributed by atoms with E-state index in [0.29, 0.717) is 23.8 Å². The van der Waals surface area contributed by atoms with Gasteiger partial charge in [-0.05, 0) is 36.0 Å². The third-order valence-corrected chi connectivity index (χ3v) is 5.98. The molecule has 1 saturated carbocycles. The molecule has 7 heteroatoms. The van der Waals surface area contributed by atoms with Gasteiger partial charge < -0.3 is 20.1 Å². The second-order valence-corrected chi connectivity index (χ2v) is 7.52. The standard InChI is InChI=1S/C21H20N4O3/c22-10-11-8-15-16(9-18(11)27)19(15)21-24-20(25-28-21)14-3-1-2-13-12(14)4-5-17(13)23-6-7-26/h1-3,8-9,15-17,19,23,26-27H,4-7H2. The molecule has 2 aromatic rings. The summed E-state index contributed by atoms with van der Waals surface area (Å²) in [5, 5.41) is 35.6. The van der Waals surface area contributed by atoms with E-state index in [1.54, 1.807) is 12.2 Å². The molecule has 0 spiro atoms. The van der Waals surface area contributed by atoms with E-state index in [4.69, 9.17) is 14.9 Å². The van der Waals surface area contributed by atoms with E-state index in [1.807, 2.05) is 18.2 Å². The van der Waals surface area contributed by atoms with Crippen LogP contribution in [0.5, 0.6) is 0 Å². The van der Waals surface area contributed by atoms with Crippen LogP contribution in [0.3, 0.4) is 0 Å².